The minimum atomic E-state index is -0.400. The molecule has 0 aliphatic carbocycles. The third-order valence-corrected chi connectivity index (χ3v) is 4.95. The van der Waals surface area contributed by atoms with E-state index in [0.717, 1.165) is 37.6 Å². The number of nitrogens with zero attached hydrogens (tertiary/aromatic N) is 2. The minimum absolute atomic E-state index is 0.116. The molecule has 0 aromatic heterocycles. The molecule has 3 rings (SSSR count). The Bertz CT molecular complexity index is 810. The largest absolute Gasteiger partial charge is 0.491 e. The molecule has 1 aliphatic heterocycles. The first-order chi connectivity index (χ1) is 13.5. The van der Waals surface area contributed by atoms with Gasteiger partial charge in [-0.3, -0.25) is 4.79 Å². The number of hydrogen-bond donors (Lipinski definition) is 1. The first-order valence-corrected chi connectivity index (χ1v) is 9.81. The number of rotatable bonds is 7. The molecule has 7 heteroatoms. The first-order valence-electron chi connectivity index (χ1n) is 9.43. The first kappa shape index (κ1) is 20.4. The molecule has 0 spiro atoms. The zero-order chi connectivity index (χ0) is 19.9. The van der Waals surface area contributed by atoms with E-state index in [4.69, 9.17) is 16.3 Å². The number of nitrogens with one attached hydrogen (secondary N) is 1. The number of halogens is 2. The number of anilines is 2. The van der Waals surface area contributed by atoms with Gasteiger partial charge in [-0.05, 0) is 43.8 Å². The van der Waals surface area contributed by atoms with E-state index < -0.39 is 5.82 Å². The summed E-state index contributed by atoms with van der Waals surface area (Å²) in [4.78, 5) is 16.9. The molecular weight excluding hydrogens is 381 g/mol. The number of piperazine rings is 1. The molecular formula is C21H25ClFN3O2. The van der Waals surface area contributed by atoms with Crippen molar-refractivity contribution in [3.05, 3.63) is 53.3 Å². The molecule has 2 aromatic carbocycles. The zero-order valence-corrected chi connectivity index (χ0v) is 16.7. The van der Waals surface area contributed by atoms with Crippen molar-refractivity contribution in [3.63, 3.8) is 0 Å². The summed E-state index contributed by atoms with van der Waals surface area (Å²) in [6.07, 6.45) is 0.772. The van der Waals surface area contributed by atoms with Crippen molar-refractivity contribution in [2.24, 2.45) is 0 Å². The summed E-state index contributed by atoms with van der Waals surface area (Å²) in [6.45, 7) is 4.02. The summed E-state index contributed by atoms with van der Waals surface area (Å²) in [5.41, 5.74) is 1.70. The van der Waals surface area contributed by atoms with Crippen molar-refractivity contribution in [2.75, 3.05) is 50.1 Å². The smallest absolute Gasteiger partial charge is 0.224 e. The van der Waals surface area contributed by atoms with Crippen LogP contribution in [0.25, 0.3) is 0 Å². The number of para-hydroxylation sites is 1. The number of carbonyl (C=O) groups is 1. The Balaban J connectivity index is 1.53. The number of benzene rings is 2. The Hall–Kier alpha value is -2.31. The van der Waals surface area contributed by atoms with Gasteiger partial charge in [-0.1, -0.05) is 23.7 Å². The number of amides is 1. The molecule has 1 heterocycles. The van der Waals surface area contributed by atoms with Gasteiger partial charge >= 0.3 is 0 Å². The van der Waals surface area contributed by atoms with E-state index in [-0.39, 0.29) is 24.7 Å². The number of hydrogen-bond acceptors (Lipinski definition) is 4. The highest BCUT2D eigenvalue weighted by molar-refractivity contribution is 6.31. The van der Waals surface area contributed by atoms with Gasteiger partial charge in [0.15, 0.2) is 11.6 Å². The van der Waals surface area contributed by atoms with Gasteiger partial charge in [-0.15, -0.1) is 0 Å². The SMILES string of the molecule is CN1CCN(c2ccc(Cl)cc2NC(=O)CCCOc2ccccc2F)CC1. The monoisotopic (exact) mass is 405 g/mol. The predicted molar refractivity (Wildman–Crippen MR) is 111 cm³/mol. The van der Waals surface area contributed by atoms with Crippen molar-refractivity contribution < 1.29 is 13.9 Å². The Kier molecular flexibility index (Phi) is 7.12. The average molecular weight is 406 g/mol. The molecule has 2 aromatic rings. The maximum Gasteiger partial charge on any atom is 0.224 e. The molecule has 1 saturated heterocycles. The molecule has 0 saturated carbocycles. The average Bonchev–Trinajstić information content (AvgIpc) is 2.68. The fourth-order valence-corrected chi connectivity index (χ4v) is 3.29. The maximum absolute atomic E-state index is 13.5. The Morgan fingerprint density at radius 2 is 1.93 bits per heavy atom. The van der Waals surface area contributed by atoms with Crippen molar-refractivity contribution in [1.29, 1.82) is 0 Å². The van der Waals surface area contributed by atoms with Gasteiger partial charge in [0.25, 0.3) is 0 Å². The third kappa shape index (κ3) is 5.59. The Morgan fingerprint density at radius 3 is 2.68 bits per heavy atom. The van der Waals surface area contributed by atoms with Gasteiger partial charge in [0, 0.05) is 37.6 Å². The minimum Gasteiger partial charge on any atom is -0.491 e. The van der Waals surface area contributed by atoms with Crippen LogP contribution >= 0.6 is 11.6 Å². The summed E-state index contributed by atoms with van der Waals surface area (Å²) >= 11 is 6.14. The quantitative estimate of drug-likeness (QED) is 0.706. The van der Waals surface area contributed by atoms with E-state index in [1.165, 1.54) is 6.07 Å². The molecule has 1 fully saturated rings. The van der Waals surface area contributed by atoms with Crippen molar-refractivity contribution in [3.8, 4) is 5.75 Å². The summed E-state index contributed by atoms with van der Waals surface area (Å²) in [5.74, 6) is -0.312. The van der Waals surface area contributed by atoms with Crippen LogP contribution in [0.15, 0.2) is 42.5 Å². The van der Waals surface area contributed by atoms with Crippen LogP contribution in [0.1, 0.15) is 12.8 Å². The molecule has 1 amide bonds. The van der Waals surface area contributed by atoms with E-state index in [1.54, 1.807) is 24.3 Å². The lowest BCUT2D eigenvalue weighted by Gasteiger charge is -2.35. The van der Waals surface area contributed by atoms with Gasteiger partial charge < -0.3 is 19.9 Å². The molecule has 150 valence electrons. The highest BCUT2D eigenvalue weighted by Crippen LogP contribution is 2.30. The summed E-state index contributed by atoms with van der Waals surface area (Å²) in [6, 6.07) is 11.8. The van der Waals surface area contributed by atoms with E-state index in [2.05, 4.69) is 22.2 Å². The maximum atomic E-state index is 13.5. The molecule has 28 heavy (non-hydrogen) atoms. The van der Waals surface area contributed by atoms with Gasteiger partial charge in [0.2, 0.25) is 5.91 Å². The molecule has 0 radical (unpaired) electrons. The summed E-state index contributed by atoms with van der Waals surface area (Å²) in [5, 5.41) is 3.54. The van der Waals surface area contributed by atoms with Crippen molar-refractivity contribution >= 4 is 28.9 Å². The number of likely N-dealkylation sites (N-methyl/N-ethyl adjacent to an activating group) is 1. The predicted octanol–water partition coefficient (Wildman–Crippen LogP) is 4.03. The molecule has 1 aliphatic rings. The lowest BCUT2D eigenvalue weighted by atomic mass is 10.2. The second kappa shape index (κ2) is 9.75. The molecule has 0 unspecified atom stereocenters. The van der Waals surface area contributed by atoms with Gasteiger partial charge in [-0.2, -0.15) is 0 Å². The van der Waals surface area contributed by atoms with Gasteiger partial charge in [-0.25, -0.2) is 4.39 Å². The van der Waals surface area contributed by atoms with Crippen molar-refractivity contribution in [2.45, 2.75) is 12.8 Å². The Labute approximate surface area is 170 Å². The van der Waals surface area contributed by atoms with Gasteiger partial charge in [0.05, 0.1) is 18.0 Å². The zero-order valence-electron chi connectivity index (χ0n) is 16.0. The van der Waals surface area contributed by atoms with Crippen LogP contribution in [-0.2, 0) is 4.79 Å². The highest BCUT2D eigenvalue weighted by Gasteiger charge is 2.18. The Morgan fingerprint density at radius 1 is 1.18 bits per heavy atom. The normalized spacial score (nSPS) is 14.8. The molecule has 0 bridgehead atoms. The number of ether oxygens (including phenoxy) is 1. The van der Waals surface area contributed by atoms with Crippen molar-refractivity contribution in [1.82, 2.24) is 4.90 Å². The van der Waals surface area contributed by atoms with Crippen LogP contribution in [0.5, 0.6) is 5.75 Å². The van der Waals surface area contributed by atoms with Crippen LogP contribution in [-0.4, -0.2) is 50.6 Å². The van der Waals surface area contributed by atoms with Crippen LogP contribution < -0.4 is 15.0 Å². The molecule has 5 nitrogen and oxygen atoms in total. The summed E-state index contributed by atoms with van der Waals surface area (Å²) in [7, 11) is 2.10. The van der Waals surface area contributed by atoms with Gasteiger partial charge in [0.1, 0.15) is 0 Å². The van der Waals surface area contributed by atoms with Crippen LogP contribution in [0.4, 0.5) is 15.8 Å². The van der Waals surface area contributed by atoms with E-state index in [9.17, 15) is 9.18 Å². The van der Waals surface area contributed by atoms with E-state index in [0.29, 0.717) is 11.4 Å². The molecule has 1 N–H and O–H groups in total. The second-order valence-electron chi connectivity index (χ2n) is 6.88. The second-order valence-corrected chi connectivity index (χ2v) is 7.32. The highest BCUT2D eigenvalue weighted by atomic mass is 35.5. The summed E-state index contributed by atoms with van der Waals surface area (Å²) < 4.78 is 18.9. The van der Waals surface area contributed by atoms with E-state index in [1.807, 2.05) is 12.1 Å². The standard InChI is InChI=1S/C21H25ClFN3O2/c1-25-10-12-26(13-11-25)19-9-8-16(22)15-18(19)24-21(27)7-4-14-28-20-6-3-2-5-17(20)23/h2-3,5-6,8-9,15H,4,7,10-14H2,1H3,(H,24,27). The van der Waals surface area contributed by atoms with E-state index >= 15 is 0 Å². The topological polar surface area (TPSA) is 44.8 Å². The fraction of sp³-hybridized carbons (Fsp3) is 0.381. The number of carbonyl (C=O) groups excluding carboxylic acids is 1. The third-order valence-electron chi connectivity index (χ3n) is 4.72. The van der Waals surface area contributed by atoms with Crippen LogP contribution in [0.2, 0.25) is 5.02 Å². The van der Waals surface area contributed by atoms with Crippen LogP contribution in [0.3, 0.4) is 0 Å². The lowest BCUT2D eigenvalue weighted by Crippen LogP contribution is -2.44. The molecule has 0 atom stereocenters. The fourth-order valence-electron chi connectivity index (χ4n) is 3.12. The van der Waals surface area contributed by atoms with Crippen LogP contribution in [0, 0.1) is 5.82 Å². The lowest BCUT2D eigenvalue weighted by molar-refractivity contribution is -0.116.